The summed E-state index contributed by atoms with van der Waals surface area (Å²) in [5.41, 5.74) is 0.644. The van der Waals surface area contributed by atoms with E-state index in [0.717, 1.165) is 49.6 Å². The fraction of sp³-hybridized carbons (Fsp3) is 0.333. The number of H-pyrrole nitrogens is 1. The van der Waals surface area contributed by atoms with Crippen molar-refractivity contribution in [2.75, 3.05) is 26.2 Å². The number of hydrogen-bond acceptors (Lipinski definition) is 5. The van der Waals surface area contributed by atoms with Gasteiger partial charge in [0.25, 0.3) is 11.6 Å². The van der Waals surface area contributed by atoms with Gasteiger partial charge in [0.15, 0.2) is 0 Å². The predicted molar refractivity (Wildman–Crippen MR) is 125 cm³/mol. The van der Waals surface area contributed by atoms with Crippen LogP contribution in [-0.4, -0.2) is 51.5 Å². The van der Waals surface area contributed by atoms with Crippen molar-refractivity contribution >= 4 is 46.6 Å². The fourth-order valence-corrected chi connectivity index (χ4v) is 4.31. The minimum atomic E-state index is -0.774. The number of nitro benzene ring substituents is 1. The number of likely N-dealkylation sites (tertiary alicyclic amines) is 1. The average molecular weight is 498 g/mol. The second-order valence-electron chi connectivity index (χ2n) is 7.71. The molecule has 33 heavy (non-hydrogen) atoms. The molecule has 0 unspecified atom stereocenters. The normalized spacial score (nSPS) is 14.7. The number of carbonyl (C=O) groups is 1. The first-order chi connectivity index (χ1) is 15.3. The van der Waals surface area contributed by atoms with Crippen molar-refractivity contribution in [3.8, 4) is 0 Å². The monoisotopic (exact) mass is 497 g/mol. The Morgan fingerprint density at radius 2 is 1.97 bits per heavy atom. The highest BCUT2D eigenvalue weighted by Gasteiger charge is 2.24. The highest BCUT2D eigenvalue weighted by atomic mass is 35.5. The van der Waals surface area contributed by atoms with E-state index in [1.807, 2.05) is 6.07 Å². The number of nitro groups is 1. The van der Waals surface area contributed by atoms with Gasteiger partial charge in [-0.25, -0.2) is 9.18 Å². The molecule has 0 spiro atoms. The maximum Gasteiger partial charge on any atom is 0.326 e. The van der Waals surface area contributed by atoms with Crippen LogP contribution in [0.15, 0.2) is 41.2 Å². The number of aromatic nitrogens is 2. The van der Waals surface area contributed by atoms with Gasteiger partial charge in [-0.05, 0) is 43.2 Å². The minimum Gasteiger partial charge on any atom is -0.351 e. The largest absolute Gasteiger partial charge is 0.351 e. The van der Waals surface area contributed by atoms with Gasteiger partial charge in [0.2, 0.25) is 0 Å². The van der Waals surface area contributed by atoms with Crippen molar-refractivity contribution in [2.45, 2.75) is 18.9 Å². The molecule has 1 fully saturated rings. The molecule has 3 aromatic rings. The molecule has 1 aliphatic rings. The number of imidazole rings is 1. The zero-order valence-electron chi connectivity index (χ0n) is 17.4. The highest BCUT2D eigenvalue weighted by molar-refractivity contribution is 6.31. The Labute approximate surface area is 199 Å². The lowest BCUT2D eigenvalue weighted by atomic mass is 10.0. The maximum absolute atomic E-state index is 13.3. The predicted octanol–water partition coefficient (Wildman–Crippen LogP) is 3.52. The van der Waals surface area contributed by atoms with E-state index in [2.05, 4.69) is 15.2 Å². The molecule has 12 heteroatoms. The van der Waals surface area contributed by atoms with Crippen LogP contribution in [-0.2, 0) is 0 Å². The summed E-state index contributed by atoms with van der Waals surface area (Å²) < 4.78 is 15.0. The van der Waals surface area contributed by atoms with Crippen molar-refractivity contribution in [3.05, 3.63) is 73.4 Å². The summed E-state index contributed by atoms with van der Waals surface area (Å²) in [5, 5.41) is 14.3. The summed E-state index contributed by atoms with van der Waals surface area (Å²) in [4.78, 5) is 40.0. The lowest BCUT2D eigenvalue weighted by molar-refractivity contribution is -0.385. The second kappa shape index (κ2) is 10.3. The Balaban J connectivity index is 0.00000306. The molecule has 9 nitrogen and oxygen atoms in total. The summed E-state index contributed by atoms with van der Waals surface area (Å²) in [6.45, 7) is 2.34. The van der Waals surface area contributed by atoms with Gasteiger partial charge in [-0.2, -0.15) is 0 Å². The van der Waals surface area contributed by atoms with Crippen molar-refractivity contribution in [2.24, 2.45) is 0 Å². The lowest BCUT2D eigenvalue weighted by Crippen LogP contribution is -2.41. The molecule has 0 radical (unpaired) electrons. The second-order valence-corrected chi connectivity index (χ2v) is 8.15. The highest BCUT2D eigenvalue weighted by Crippen LogP contribution is 2.26. The number of fused-ring (bicyclic) bond motifs is 1. The molecule has 1 aromatic heterocycles. The molecule has 4 rings (SSSR count). The van der Waals surface area contributed by atoms with Crippen LogP contribution in [0.25, 0.3) is 11.0 Å². The number of benzene rings is 2. The van der Waals surface area contributed by atoms with E-state index in [-0.39, 0.29) is 29.7 Å². The van der Waals surface area contributed by atoms with E-state index >= 15 is 0 Å². The molecule has 0 atom stereocenters. The Morgan fingerprint density at radius 3 is 2.67 bits per heavy atom. The van der Waals surface area contributed by atoms with Crippen LogP contribution in [0.4, 0.5) is 10.1 Å². The number of halogens is 3. The summed E-state index contributed by atoms with van der Waals surface area (Å²) in [6, 6.07) is 8.26. The molecule has 1 aliphatic heterocycles. The van der Waals surface area contributed by atoms with Crippen molar-refractivity contribution in [3.63, 3.8) is 0 Å². The average Bonchev–Trinajstić information content (AvgIpc) is 3.08. The number of aromatic amines is 1. The molecule has 0 aliphatic carbocycles. The van der Waals surface area contributed by atoms with E-state index in [1.165, 1.54) is 0 Å². The van der Waals surface area contributed by atoms with Gasteiger partial charge >= 0.3 is 5.69 Å². The number of hydrogen-bond donors (Lipinski definition) is 2. The third kappa shape index (κ3) is 5.35. The molecule has 0 bridgehead atoms. The number of nitrogens with one attached hydrogen (secondary N) is 2. The van der Waals surface area contributed by atoms with Gasteiger partial charge in [0.05, 0.1) is 22.0 Å². The van der Waals surface area contributed by atoms with E-state index in [4.69, 9.17) is 11.6 Å². The van der Waals surface area contributed by atoms with E-state index in [0.29, 0.717) is 23.6 Å². The number of carbonyl (C=O) groups excluding carboxylic acids is 1. The van der Waals surface area contributed by atoms with Crippen LogP contribution >= 0.6 is 24.0 Å². The summed E-state index contributed by atoms with van der Waals surface area (Å²) in [7, 11) is 0. The van der Waals surface area contributed by atoms with Gasteiger partial charge in [-0.3, -0.25) is 19.5 Å². The lowest BCUT2D eigenvalue weighted by Gasteiger charge is -2.32. The molecule has 2 aromatic carbocycles. The standard InChI is InChI=1S/C21H21ClFN5O4.ClH/c22-13-1-4-18-17(11-13)25-21(30)27(18)15-5-8-26(9-6-15)10-7-24-20(29)16-3-2-14(23)12-19(16)28(31)32;/h1-4,11-12,15H,5-10H2,(H,24,29)(H,25,30);1H. The Bertz CT molecular complexity index is 1240. The molecular weight excluding hydrogens is 476 g/mol. The first kappa shape index (κ1) is 24.7. The summed E-state index contributed by atoms with van der Waals surface area (Å²) in [5.74, 6) is -1.39. The summed E-state index contributed by atoms with van der Waals surface area (Å²) in [6.07, 6.45) is 1.54. The molecule has 0 saturated carbocycles. The first-order valence-corrected chi connectivity index (χ1v) is 10.6. The van der Waals surface area contributed by atoms with Crippen molar-refractivity contribution in [1.82, 2.24) is 19.8 Å². The van der Waals surface area contributed by atoms with Crippen LogP contribution in [0.1, 0.15) is 29.2 Å². The third-order valence-corrected chi connectivity index (χ3v) is 5.95. The Morgan fingerprint density at radius 1 is 1.24 bits per heavy atom. The SMILES string of the molecule is Cl.O=C(NCCN1CCC(n2c(=O)[nH]c3cc(Cl)ccc32)CC1)c1ccc(F)cc1[N+](=O)[O-]. The van der Waals surface area contributed by atoms with Crippen LogP contribution in [0.5, 0.6) is 0 Å². The van der Waals surface area contributed by atoms with Gasteiger partial charge in [0, 0.05) is 37.2 Å². The number of amides is 1. The Kier molecular flexibility index (Phi) is 7.72. The molecular formula is C21H22Cl2FN5O4. The Hall–Kier alpha value is -2.95. The quantitative estimate of drug-likeness (QED) is 0.399. The number of nitrogens with zero attached hydrogens (tertiary/aromatic N) is 3. The van der Waals surface area contributed by atoms with Gasteiger partial charge in [0.1, 0.15) is 11.4 Å². The van der Waals surface area contributed by atoms with Crippen LogP contribution < -0.4 is 11.0 Å². The topological polar surface area (TPSA) is 113 Å². The molecule has 2 heterocycles. The van der Waals surface area contributed by atoms with Crippen LogP contribution in [0.2, 0.25) is 5.02 Å². The smallest absolute Gasteiger partial charge is 0.326 e. The van der Waals surface area contributed by atoms with E-state index in [1.54, 1.807) is 16.7 Å². The van der Waals surface area contributed by atoms with Gasteiger partial charge in [-0.1, -0.05) is 11.6 Å². The molecule has 1 amide bonds. The zero-order valence-corrected chi connectivity index (χ0v) is 19.0. The molecule has 176 valence electrons. The van der Waals surface area contributed by atoms with Crippen molar-refractivity contribution in [1.29, 1.82) is 0 Å². The van der Waals surface area contributed by atoms with E-state index < -0.39 is 22.3 Å². The zero-order chi connectivity index (χ0) is 22.8. The maximum atomic E-state index is 13.3. The van der Waals surface area contributed by atoms with E-state index in [9.17, 15) is 24.1 Å². The van der Waals surface area contributed by atoms with Gasteiger partial charge < -0.3 is 15.2 Å². The molecule has 1 saturated heterocycles. The summed E-state index contributed by atoms with van der Waals surface area (Å²) >= 11 is 6.01. The van der Waals surface area contributed by atoms with Crippen LogP contribution in [0.3, 0.4) is 0 Å². The van der Waals surface area contributed by atoms with Gasteiger partial charge in [-0.15, -0.1) is 12.4 Å². The van der Waals surface area contributed by atoms with Crippen LogP contribution in [0, 0.1) is 15.9 Å². The van der Waals surface area contributed by atoms with Crippen molar-refractivity contribution < 1.29 is 14.1 Å². The number of piperidine rings is 1. The first-order valence-electron chi connectivity index (χ1n) is 10.2. The minimum absolute atomic E-state index is 0. The molecule has 2 N–H and O–H groups in total. The third-order valence-electron chi connectivity index (χ3n) is 5.72. The number of rotatable bonds is 6. The fourth-order valence-electron chi connectivity index (χ4n) is 4.14.